The quantitative estimate of drug-likeness (QED) is 0.824. The molecule has 4 aliphatic rings. The zero-order valence-electron chi connectivity index (χ0n) is 12.5. The summed E-state index contributed by atoms with van der Waals surface area (Å²) < 4.78 is 0. The first-order valence-corrected chi connectivity index (χ1v) is 8.48. The molecule has 0 radical (unpaired) electrons. The lowest BCUT2D eigenvalue weighted by Gasteiger charge is -2.49. The first-order chi connectivity index (χ1) is 9.68. The second kappa shape index (κ2) is 3.71. The van der Waals surface area contributed by atoms with Crippen LogP contribution in [-0.2, 0) is 6.54 Å². The molecule has 104 valence electrons. The summed E-state index contributed by atoms with van der Waals surface area (Å²) in [6.45, 7) is 1.07. The van der Waals surface area contributed by atoms with Crippen LogP contribution >= 0.6 is 0 Å². The maximum atomic E-state index is 4.01. The van der Waals surface area contributed by atoms with Crippen molar-refractivity contribution >= 4 is 13.3 Å². The minimum absolute atomic E-state index is 0.504. The molecular weight excluding hydrogens is 241 g/mol. The SMILES string of the molecule is Bc1ccc(CNC23CC4CC5CC(C2)C5(C4)C3)cc1. The Hall–Kier alpha value is -0.755. The third kappa shape index (κ3) is 1.44. The lowest BCUT2D eigenvalue weighted by Crippen LogP contribution is -2.47. The molecule has 0 aliphatic heterocycles. The number of hydrogen-bond acceptors (Lipinski definition) is 1. The van der Waals surface area contributed by atoms with Crippen molar-refractivity contribution in [3.8, 4) is 0 Å². The zero-order valence-corrected chi connectivity index (χ0v) is 12.5. The maximum Gasteiger partial charge on any atom is 0.139 e. The van der Waals surface area contributed by atoms with E-state index in [9.17, 15) is 0 Å². The van der Waals surface area contributed by atoms with Crippen LogP contribution in [0.1, 0.15) is 44.1 Å². The molecule has 4 aliphatic carbocycles. The van der Waals surface area contributed by atoms with Gasteiger partial charge in [0.05, 0.1) is 0 Å². The van der Waals surface area contributed by atoms with E-state index in [0.717, 1.165) is 29.7 Å². The van der Waals surface area contributed by atoms with Crippen LogP contribution in [0.4, 0.5) is 0 Å². The van der Waals surface area contributed by atoms with E-state index >= 15 is 0 Å². The fourth-order valence-electron chi connectivity index (χ4n) is 6.56. The van der Waals surface area contributed by atoms with Gasteiger partial charge in [0.15, 0.2) is 0 Å². The molecule has 4 fully saturated rings. The number of hydrogen-bond donors (Lipinski definition) is 1. The fraction of sp³-hybridized carbons (Fsp3) is 0.667. The first kappa shape index (κ1) is 11.9. The van der Waals surface area contributed by atoms with Gasteiger partial charge >= 0.3 is 0 Å². The highest BCUT2D eigenvalue weighted by molar-refractivity contribution is 6.32. The molecule has 2 heteroatoms. The summed E-state index contributed by atoms with van der Waals surface area (Å²) in [5, 5.41) is 4.01. The lowest BCUT2D eigenvalue weighted by atomic mass is 9.56. The second-order valence-corrected chi connectivity index (χ2v) is 8.37. The summed E-state index contributed by atoms with van der Waals surface area (Å²) in [6, 6.07) is 9.07. The summed E-state index contributed by atoms with van der Waals surface area (Å²) in [4.78, 5) is 0. The van der Waals surface area contributed by atoms with E-state index in [1.807, 2.05) is 0 Å². The fourth-order valence-corrected chi connectivity index (χ4v) is 6.56. The molecule has 5 rings (SSSR count). The van der Waals surface area contributed by atoms with Gasteiger partial charge in [-0.15, -0.1) is 0 Å². The van der Waals surface area contributed by atoms with E-state index in [2.05, 4.69) is 37.4 Å². The van der Waals surface area contributed by atoms with Crippen molar-refractivity contribution in [3.05, 3.63) is 29.8 Å². The molecule has 1 aromatic rings. The monoisotopic (exact) mass is 265 g/mol. The topological polar surface area (TPSA) is 12.0 Å². The van der Waals surface area contributed by atoms with Gasteiger partial charge in [-0.25, -0.2) is 0 Å². The van der Waals surface area contributed by atoms with Crippen LogP contribution in [0, 0.1) is 23.2 Å². The molecule has 0 saturated heterocycles. The normalized spacial score (nSPS) is 47.3. The van der Waals surface area contributed by atoms with Gasteiger partial charge in [-0.2, -0.15) is 0 Å². The summed E-state index contributed by atoms with van der Waals surface area (Å²) >= 11 is 0. The average Bonchev–Trinajstić information content (AvgIpc) is 2.74. The Morgan fingerprint density at radius 3 is 2.75 bits per heavy atom. The third-order valence-electron chi connectivity index (χ3n) is 7.25. The van der Waals surface area contributed by atoms with Gasteiger partial charge in [0.1, 0.15) is 7.85 Å². The van der Waals surface area contributed by atoms with Crippen LogP contribution in [-0.4, -0.2) is 13.4 Å². The van der Waals surface area contributed by atoms with E-state index in [1.165, 1.54) is 30.3 Å². The van der Waals surface area contributed by atoms with Crippen LogP contribution in [0.25, 0.3) is 0 Å². The van der Waals surface area contributed by atoms with Gasteiger partial charge in [0, 0.05) is 12.1 Å². The van der Waals surface area contributed by atoms with E-state index in [1.54, 1.807) is 19.3 Å². The largest absolute Gasteiger partial charge is 0.307 e. The van der Waals surface area contributed by atoms with Crippen molar-refractivity contribution in [1.29, 1.82) is 0 Å². The van der Waals surface area contributed by atoms with E-state index in [4.69, 9.17) is 0 Å². The summed E-state index contributed by atoms with van der Waals surface area (Å²) in [5.74, 6) is 3.24. The molecule has 3 bridgehead atoms. The molecule has 0 amide bonds. The number of fused-ring (bicyclic) bond motifs is 2. The van der Waals surface area contributed by atoms with Gasteiger partial charge in [-0.05, 0) is 67.3 Å². The zero-order chi connectivity index (χ0) is 13.4. The molecule has 5 atom stereocenters. The van der Waals surface area contributed by atoms with Gasteiger partial charge < -0.3 is 5.32 Å². The maximum absolute atomic E-state index is 4.01. The molecule has 0 aromatic heterocycles. The van der Waals surface area contributed by atoms with Gasteiger partial charge in [-0.3, -0.25) is 0 Å². The highest BCUT2D eigenvalue weighted by Crippen LogP contribution is 2.76. The molecule has 1 spiro atoms. The Labute approximate surface area is 122 Å². The van der Waals surface area contributed by atoms with Crippen molar-refractivity contribution in [2.24, 2.45) is 23.2 Å². The molecule has 20 heavy (non-hydrogen) atoms. The standard InChI is InChI=1S/C18H24BN/c19-16-3-1-12(2-4-16)10-20-17-7-13-5-14-6-15(9-17)18(14,8-13)11-17/h1-4,13-15,20H,5-11,19H2. The second-order valence-electron chi connectivity index (χ2n) is 8.37. The van der Waals surface area contributed by atoms with Crippen LogP contribution < -0.4 is 10.8 Å². The van der Waals surface area contributed by atoms with Crippen molar-refractivity contribution in [2.75, 3.05) is 0 Å². The molecular formula is C18H24BN. The van der Waals surface area contributed by atoms with Crippen molar-refractivity contribution in [2.45, 2.75) is 50.6 Å². The van der Waals surface area contributed by atoms with Crippen molar-refractivity contribution in [1.82, 2.24) is 5.32 Å². The number of benzene rings is 1. The van der Waals surface area contributed by atoms with Crippen LogP contribution in [0.5, 0.6) is 0 Å². The van der Waals surface area contributed by atoms with Crippen molar-refractivity contribution < 1.29 is 0 Å². The van der Waals surface area contributed by atoms with E-state index < -0.39 is 0 Å². The van der Waals surface area contributed by atoms with Crippen LogP contribution in [0.2, 0.25) is 0 Å². The summed E-state index contributed by atoms with van der Waals surface area (Å²) in [7, 11) is 2.17. The first-order valence-electron chi connectivity index (χ1n) is 8.48. The summed E-state index contributed by atoms with van der Waals surface area (Å²) in [5.41, 5.74) is 4.13. The molecule has 1 N–H and O–H groups in total. The predicted molar refractivity (Wildman–Crippen MR) is 84.8 cm³/mol. The Balaban J connectivity index is 1.36. The number of rotatable bonds is 3. The summed E-state index contributed by atoms with van der Waals surface area (Å²) in [6.07, 6.45) is 9.14. The van der Waals surface area contributed by atoms with Gasteiger partial charge in [0.2, 0.25) is 0 Å². The highest BCUT2D eigenvalue weighted by atomic mass is 15.0. The molecule has 5 unspecified atom stereocenters. The number of nitrogens with one attached hydrogen (secondary N) is 1. The molecule has 1 nitrogen and oxygen atoms in total. The van der Waals surface area contributed by atoms with Crippen molar-refractivity contribution in [3.63, 3.8) is 0 Å². The Bertz CT molecular complexity index is 549. The van der Waals surface area contributed by atoms with Crippen LogP contribution in [0.3, 0.4) is 0 Å². The Morgan fingerprint density at radius 1 is 1.05 bits per heavy atom. The minimum atomic E-state index is 0.504. The predicted octanol–water partition coefficient (Wildman–Crippen LogP) is 2.00. The van der Waals surface area contributed by atoms with E-state index in [0.29, 0.717) is 5.54 Å². The van der Waals surface area contributed by atoms with Gasteiger partial charge in [0.25, 0.3) is 0 Å². The molecule has 1 aromatic carbocycles. The molecule has 0 heterocycles. The van der Waals surface area contributed by atoms with Gasteiger partial charge in [-0.1, -0.05) is 29.7 Å². The Morgan fingerprint density at radius 2 is 1.90 bits per heavy atom. The third-order valence-corrected chi connectivity index (χ3v) is 7.25. The Kier molecular flexibility index (Phi) is 2.20. The van der Waals surface area contributed by atoms with E-state index in [-0.39, 0.29) is 0 Å². The smallest absolute Gasteiger partial charge is 0.139 e. The average molecular weight is 265 g/mol. The lowest BCUT2D eigenvalue weighted by molar-refractivity contribution is -0.000830. The minimum Gasteiger partial charge on any atom is -0.307 e. The van der Waals surface area contributed by atoms with Crippen LogP contribution in [0.15, 0.2) is 24.3 Å². The molecule has 4 saturated carbocycles. The highest BCUT2D eigenvalue weighted by Gasteiger charge is 2.70.